The van der Waals surface area contributed by atoms with Crippen LogP contribution in [0.3, 0.4) is 0 Å². The predicted molar refractivity (Wildman–Crippen MR) is 119 cm³/mol. The summed E-state index contributed by atoms with van der Waals surface area (Å²) in [6.07, 6.45) is 4.54. The summed E-state index contributed by atoms with van der Waals surface area (Å²) in [5.41, 5.74) is 0.872. The highest BCUT2D eigenvalue weighted by atomic mass is 32.2. The van der Waals surface area contributed by atoms with E-state index >= 15 is 0 Å². The Bertz CT molecular complexity index is 869. The van der Waals surface area contributed by atoms with Gasteiger partial charge < -0.3 is 14.7 Å². The molecule has 0 bridgehead atoms. The van der Waals surface area contributed by atoms with E-state index in [0.29, 0.717) is 35.2 Å². The number of amides is 2. The third kappa shape index (κ3) is 5.20. The van der Waals surface area contributed by atoms with Crippen LogP contribution in [0.2, 0.25) is 0 Å². The number of likely N-dealkylation sites (tertiary alicyclic amines) is 1. The van der Waals surface area contributed by atoms with Gasteiger partial charge in [0.05, 0.1) is 12.0 Å². The van der Waals surface area contributed by atoms with Gasteiger partial charge in [-0.2, -0.15) is 0 Å². The Labute approximate surface area is 185 Å². The highest BCUT2D eigenvalue weighted by molar-refractivity contribution is 8.26. The Morgan fingerprint density at radius 2 is 2.03 bits per heavy atom. The number of piperidine rings is 1. The molecule has 2 amide bonds. The lowest BCUT2D eigenvalue weighted by molar-refractivity contribution is -0.152. The lowest BCUT2D eigenvalue weighted by atomic mass is 10.0. The Balaban J connectivity index is 1.56. The van der Waals surface area contributed by atoms with Crippen LogP contribution in [-0.4, -0.2) is 63.3 Å². The van der Waals surface area contributed by atoms with Crippen molar-refractivity contribution in [1.29, 1.82) is 0 Å². The van der Waals surface area contributed by atoms with Crippen LogP contribution in [0.5, 0.6) is 5.75 Å². The van der Waals surface area contributed by atoms with E-state index in [1.165, 1.54) is 21.6 Å². The molecule has 2 aliphatic rings. The number of thioether (sulfide) groups is 1. The molecule has 2 saturated heterocycles. The van der Waals surface area contributed by atoms with Crippen LogP contribution in [0.4, 0.5) is 0 Å². The molecule has 0 radical (unpaired) electrons. The van der Waals surface area contributed by atoms with Gasteiger partial charge in [-0.05, 0) is 49.5 Å². The largest absolute Gasteiger partial charge is 0.497 e. The summed E-state index contributed by atoms with van der Waals surface area (Å²) in [6, 6.07) is 6.63. The fourth-order valence-electron chi connectivity index (χ4n) is 3.56. The van der Waals surface area contributed by atoms with Crippen LogP contribution in [-0.2, 0) is 14.4 Å². The zero-order valence-electron chi connectivity index (χ0n) is 16.7. The fraction of sp³-hybridized carbons (Fsp3) is 0.429. The highest BCUT2D eigenvalue weighted by Gasteiger charge is 2.33. The molecule has 3 rings (SSSR count). The van der Waals surface area contributed by atoms with Crippen molar-refractivity contribution < 1.29 is 24.2 Å². The van der Waals surface area contributed by atoms with Gasteiger partial charge in [0.15, 0.2) is 0 Å². The Kier molecular flexibility index (Phi) is 7.49. The van der Waals surface area contributed by atoms with Crippen LogP contribution >= 0.6 is 24.0 Å². The van der Waals surface area contributed by atoms with E-state index in [2.05, 4.69) is 0 Å². The molecule has 0 saturated carbocycles. The van der Waals surface area contributed by atoms with E-state index in [1.54, 1.807) is 13.2 Å². The Morgan fingerprint density at radius 1 is 1.30 bits per heavy atom. The first-order valence-corrected chi connectivity index (χ1v) is 11.0. The van der Waals surface area contributed by atoms with Crippen molar-refractivity contribution in [3.05, 3.63) is 34.7 Å². The number of ether oxygens (including phenoxy) is 1. The van der Waals surface area contributed by atoms with E-state index in [9.17, 15) is 19.5 Å². The summed E-state index contributed by atoms with van der Waals surface area (Å²) >= 11 is 6.58. The van der Waals surface area contributed by atoms with Crippen LogP contribution in [0.1, 0.15) is 37.7 Å². The van der Waals surface area contributed by atoms with Gasteiger partial charge in [0.2, 0.25) is 5.91 Å². The molecule has 2 heterocycles. The number of methoxy groups -OCH3 is 1. The quantitative estimate of drug-likeness (QED) is 0.506. The number of hydrogen-bond acceptors (Lipinski definition) is 6. The number of thiocarbonyl (C=S) groups is 1. The normalized spacial score (nSPS) is 20.7. The minimum Gasteiger partial charge on any atom is -0.497 e. The molecular weight excluding hydrogens is 424 g/mol. The van der Waals surface area contributed by atoms with Crippen molar-refractivity contribution in [2.45, 2.75) is 38.1 Å². The van der Waals surface area contributed by atoms with Crippen molar-refractivity contribution in [1.82, 2.24) is 9.80 Å². The summed E-state index contributed by atoms with van der Waals surface area (Å²) in [5.74, 6) is -0.567. The van der Waals surface area contributed by atoms with Gasteiger partial charge in [0.1, 0.15) is 16.1 Å². The maximum Gasteiger partial charge on any atom is 0.326 e. The summed E-state index contributed by atoms with van der Waals surface area (Å²) in [5, 5.41) is 9.32. The van der Waals surface area contributed by atoms with Gasteiger partial charge in [-0.25, -0.2) is 4.79 Å². The summed E-state index contributed by atoms with van der Waals surface area (Å²) in [7, 11) is 1.60. The van der Waals surface area contributed by atoms with Gasteiger partial charge in [-0.1, -0.05) is 36.1 Å². The molecule has 9 heteroatoms. The second-order valence-electron chi connectivity index (χ2n) is 7.15. The molecule has 1 aromatic carbocycles. The van der Waals surface area contributed by atoms with Gasteiger partial charge in [-0.15, -0.1) is 0 Å². The Morgan fingerprint density at radius 3 is 2.70 bits per heavy atom. The summed E-state index contributed by atoms with van der Waals surface area (Å²) in [6.45, 7) is 0.809. The van der Waals surface area contributed by atoms with Crippen LogP contribution < -0.4 is 4.74 Å². The molecule has 0 aliphatic carbocycles. The zero-order chi connectivity index (χ0) is 21.7. The molecule has 30 heavy (non-hydrogen) atoms. The predicted octanol–water partition coefficient (Wildman–Crippen LogP) is 3.14. The fourth-order valence-corrected chi connectivity index (χ4v) is 4.87. The van der Waals surface area contributed by atoms with Gasteiger partial charge in [-0.3, -0.25) is 14.5 Å². The molecule has 1 aromatic rings. The molecular formula is C21H24N2O5S2. The minimum atomic E-state index is -0.955. The minimum absolute atomic E-state index is 0.172. The second-order valence-corrected chi connectivity index (χ2v) is 8.82. The number of carbonyl (C=O) groups excluding carboxylic acids is 2. The number of hydrogen-bond donors (Lipinski definition) is 1. The zero-order valence-corrected chi connectivity index (χ0v) is 18.3. The lowest BCUT2D eigenvalue weighted by Crippen LogP contribution is -2.48. The SMILES string of the molecule is COc1ccc(C=C2SC(=S)N(CCCC(=O)N3CCCCC3C(=O)O)C2=O)cc1. The molecule has 1 atom stereocenters. The van der Waals surface area contributed by atoms with E-state index in [1.807, 2.05) is 24.3 Å². The highest BCUT2D eigenvalue weighted by Crippen LogP contribution is 2.33. The average Bonchev–Trinajstić information content (AvgIpc) is 3.01. The lowest BCUT2D eigenvalue weighted by Gasteiger charge is -2.33. The van der Waals surface area contributed by atoms with E-state index in [-0.39, 0.29) is 18.2 Å². The molecule has 2 fully saturated rings. The van der Waals surface area contributed by atoms with E-state index in [4.69, 9.17) is 17.0 Å². The van der Waals surface area contributed by atoms with Crippen molar-refractivity contribution in [2.75, 3.05) is 20.2 Å². The monoisotopic (exact) mass is 448 g/mol. The number of carboxylic acids is 1. The van der Waals surface area contributed by atoms with Crippen LogP contribution in [0.15, 0.2) is 29.2 Å². The third-order valence-corrected chi connectivity index (χ3v) is 6.55. The maximum atomic E-state index is 12.7. The number of benzene rings is 1. The molecule has 0 spiro atoms. The topological polar surface area (TPSA) is 87.2 Å². The van der Waals surface area contributed by atoms with E-state index < -0.39 is 12.0 Å². The smallest absolute Gasteiger partial charge is 0.326 e. The van der Waals surface area contributed by atoms with Crippen molar-refractivity contribution in [2.24, 2.45) is 0 Å². The molecule has 2 aliphatic heterocycles. The number of rotatable bonds is 7. The molecule has 160 valence electrons. The van der Waals surface area contributed by atoms with Crippen LogP contribution in [0.25, 0.3) is 6.08 Å². The number of aliphatic carboxylic acids is 1. The summed E-state index contributed by atoms with van der Waals surface area (Å²) in [4.78, 5) is 40.1. The first kappa shape index (κ1) is 22.3. The van der Waals surface area contributed by atoms with Crippen LogP contribution in [0, 0.1) is 0 Å². The standard InChI is InChI=1S/C21H24N2O5S2/c1-28-15-9-7-14(8-10-15)13-17-19(25)23(21(29)30-17)12-4-6-18(24)22-11-3-2-5-16(22)20(26)27/h7-10,13,16H,2-6,11-12H2,1H3,(H,26,27). The summed E-state index contributed by atoms with van der Waals surface area (Å²) < 4.78 is 5.60. The van der Waals surface area contributed by atoms with Gasteiger partial charge in [0, 0.05) is 19.5 Å². The first-order chi connectivity index (χ1) is 14.4. The van der Waals surface area contributed by atoms with Gasteiger partial charge in [0.25, 0.3) is 5.91 Å². The van der Waals surface area contributed by atoms with Crippen molar-refractivity contribution in [3.8, 4) is 5.75 Å². The second kappa shape index (κ2) is 10.1. The van der Waals surface area contributed by atoms with E-state index in [0.717, 1.165) is 24.2 Å². The van der Waals surface area contributed by atoms with Gasteiger partial charge >= 0.3 is 5.97 Å². The first-order valence-electron chi connectivity index (χ1n) is 9.82. The number of carbonyl (C=O) groups is 3. The third-order valence-electron chi connectivity index (χ3n) is 5.17. The number of nitrogens with zero attached hydrogens (tertiary/aromatic N) is 2. The average molecular weight is 449 g/mol. The number of carboxylic acid groups (broad SMARTS) is 1. The Hall–Kier alpha value is -2.39. The molecule has 1 N–H and O–H groups in total. The molecule has 1 unspecified atom stereocenters. The maximum absolute atomic E-state index is 12.7. The van der Waals surface area contributed by atoms with Crippen molar-refractivity contribution >= 4 is 52.2 Å². The molecule has 7 nitrogen and oxygen atoms in total. The molecule has 0 aromatic heterocycles. The van der Waals surface area contributed by atoms with Crippen molar-refractivity contribution in [3.63, 3.8) is 0 Å².